The summed E-state index contributed by atoms with van der Waals surface area (Å²) in [5, 5.41) is 10.5. The van der Waals surface area contributed by atoms with Gasteiger partial charge in [0.1, 0.15) is 0 Å². The van der Waals surface area contributed by atoms with Gasteiger partial charge < -0.3 is 5.11 Å². The van der Waals surface area contributed by atoms with Crippen LogP contribution in [0, 0.1) is 0 Å². The second-order valence-electron chi connectivity index (χ2n) is 5.80. The number of allylic oxidation sites excluding steroid dienone is 1. The summed E-state index contributed by atoms with van der Waals surface area (Å²) < 4.78 is 0. The fourth-order valence-corrected chi connectivity index (χ4v) is 2.92. The van der Waals surface area contributed by atoms with E-state index in [1.54, 1.807) is 0 Å². The standard InChI is InChI=1S/C18H26O/c1-15(16-10-8-5-9-11-16)14-18(19)17-12-6-3-2-4-7-13-17/h5,8-12,15,18-19H,2-4,6-7,13-14H2,1H3/b17-12+. The molecule has 0 bridgehead atoms. The topological polar surface area (TPSA) is 20.2 Å². The van der Waals surface area contributed by atoms with E-state index in [2.05, 4.69) is 37.3 Å². The van der Waals surface area contributed by atoms with Crippen molar-refractivity contribution in [1.82, 2.24) is 0 Å². The Labute approximate surface area is 117 Å². The molecule has 0 radical (unpaired) electrons. The Bertz CT molecular complexity index is 393. The van der Waals surface area contributed by atoms with Crippen molar-refractivity contribution in [2.24, 2.45) is 0 Å². The highest BCUT2D eigenvalue weighted by atomic mass is 16.3. The minimum Gasteiger partial charge on any atom is -0.389 e. The maximum absolute atomic E-state index is 10.5. The number of rotatable bonds is 4. The molecule has 1 nitrogen and oxygen atoms in total. The monoisotopic (exact) mass is 258 g/mol. The second kappa shape index (κ2) is 7.49. The molecule has 0 saturated heterocycles. The number of benzene rings is 1. The summed E-state index contributed by atoms with van der Waals surface area (Å²) in [6.07, 6.45) is 10.3. The van der Waals surface area contributed by atoms with Crippen molar-refractivity contribution in [3.05, 3.63) is 47.5 Å². The van der Waals surface area contributed by atoms with Crippen LogP contribution in [-0.4, -0.2) is 11.2 Å². The molecule has 0 saturated carbocycles. The van der Waals surface area contributed by atoms with Crippen LogP contribution in [0.1, 0.15) is 63.4 Å². The van der Waals surface area contributed by atoms with Crippen LogP contribution in [-0.2, 0) is 0 Å². The normalized spacial score (nSPS) is 22.7. The fraction of sp³-hybridized carbons (Fsp3) is 0.556. The maximum Gasteiger partial charge on any atom is 0.0755 e. The number of hydrogen-bond donors (Lipinski definition) is 1. The van der Waals surface area contributed by atoms with Gasteiger partial charge >= 0.3 is 0 Å². The van der Waals surface area contributed by atoms with Crippen molar-refractivity contribution >= 4 is 0 Å². The summed E-state index contributed by atoms with van der Waals surface area (Å²) in [6, 6.07) is 10.5. The van der Waals surface area contributed by atoms with Gasteiger partial charge in [-0.1, -0.05) is 56.2 Å². The van der Waals surface area contributed by atoms with Crippen LogP contribution >= 0.6 is 0 Å². The van der Waals surface area contributed by atoms with Crippen molar-refractivity contribution in [3.63, 3.8) is 0 Å². The van der Waals surface area contributed by atoms with Crippen LogP contribution in [0.5, 0.6) is 0 Å². The minimum absolute atomic E-state index is 0.256. The molecule has 0 aromatic heterocycles. The van der Waals surface area contributed by atoms with Crippen molar-refractivity contribution in [1.29, 1.82) is 0 Å². The van der Waals surface area contributed by atoms with Gasteiger partial charge in [-0.25, -0.2) is 0 Å². The molecule has 0 spiro atoms. The molecule has 19 heavy (non-hydrogen) atoms. The number of aliphatic hydroxyl groups is 1. The first-order chi connectivity index (χ1) is 9.27. The molecule has 0 aliphatic heterocycles. The van der Waals surface area contributed by atoms with Gasteiger partial charge in [-0.2, -0.15) is 0 Å². The molecule has 104 valence electrons. The van der Waals surface area contributed by atoms with Gasteiger partial charge in [0.05, 0.1) is 6.10 Å². The van der Waals surface area contributed by atoms with E-state index in [1.807, 2.05) is 6.07 Å². The lowest BCUT2D eigenvalue weighted by Crippen LogP contribution is -2.14. The van der Waals surface area contributed by atoms with E-state index < -0.39 is 0 Å². The van der Waals surface area contributed by atoms with E-state index in [1.165, 1.54) is 36.8 Å². The maximum atomic E-state index is 10.5. The summed E-state index contributed by atoms with van der Waals surface area (Å²) in [4.78, 5) is 0. The average Bonchev–Trinajstić information content (AvgIpc) is 2.39. The van der Waals surface area contributed by atoms with Crippen molar-refractivity contribution in [2.75, 3.05) is 0 Å². The first kappa shape index (κ1) is 14.3. The second-order valence-corrected chi connectivity index (χ2v) is 5.80. The van der Waals surface area contributed by atoms with Gasteiger partial charge in [0, 0.05) is 0 Å². The van der Waals surface area contributed by atoms with Crippen LogP contribution in [0.15, 0.2) is 42.0 Å². The minimum atomic E-state index is -0.256. The smallest absolute Gasteiger partial charge is 0.0755 e. The third-order valence-corrected chi connectivity index (χ3v) is 4.20. The van der Waals surface area contributed by atoms with E-state index in [0.717, 1.165) is 19.3 Å². The summed E-state index contributed by atoms with van der Waals surface area (Å²) >= 11 is 0. The zero-order chi connectivity index (χ0) is 13.5. The Morgan fingerprint density at radius 3 is 2.58 bits per heavy atom. The van der Waals surface area contributed by atoms with Crippen molar-refractivity contribution < 1.29 is 5.11 Å². The van der Waals surface area contributed by atoms with Crippen LogP contribution in [0.25, 0.3) is 0 Å². The first-order valence-corrected chi connectivity index (χ1v) is 7.69. The SMILES string of the molecule is CC(CC(O)/C1=C/CCCCCC1)c1ccccc1. The Morgan fingerprint density at radius 2 is 1.79 bits per heavy atom. The number of aliphatic hydroxyl groups excluding tert-OH is 1. The van der Waals surface area contributed by atoms with Gasteiger partial charge in [-0.3, -0.25) is 0 Å². The van der Waals surface area contributed by atoms with Crippen LogP contribution < -0.4 is 0 Å². The molecule has 1 aliphatic carbocycles. The average molecular weight is 258 g/mol. The molecular weight excluding hydrogens is 232 g/mol. The predicted molar refractivity (Wildman–Crippen MR) is 81.3 cm³/mol. The molecule has 2 atom stereocenters. The molecule has 0 amide bonds. The van der Waals surface area contributed by atoms with Gasteiger partial charge in [0.15, 0.2) is 0 Å². The Morgan fingerprint density at radius 1 is 1.05 bits per heavy atom. The highest BCUT2D eigenvalue weighted by molar-refractivity contribution is 5.20. The van der Waals surface area contributed by atoms with E-state index in [4.69, 9.17) is 0 Å². The largest absolute Gasteiger partial charge is 0.389 e. The van der Waals surface area contributed by atoms with Gasteiger partial charge in [0.25, 0.3) is 0 Å². The molecule has 1 aliphatic rings. The lowest BCUT2D eigenvalue weighted by atomic mass is 9.89. The van der Waals surface area contributed by atoms with Gasteiger partial charge in [-0.15, -0.1) is 0 Å². The summed E-state index contributed by atoms with van der Waals surface area (Å²) in [5.74, 6) is 0.419. The summed E-state index contributed by atoms with van der Waals surface area (Å²) in [6.45, 7) is 2.21. The first-order valence-electron chi connectivity index (χ1n) is 7.69. The molecule has 1 N–H and O–H groups in total. The lowest BCUT2D eigenvalue weighted by molar-refractivity contribution is 0.186. The Kier molecular flexibility index (Phi) is 5.65. The van der Waals surface area contributed by atoms with Crippen LogP contribution in [0.4, 0.5) is 0 Å². The van der Waals surface area contributed by atoms with Crippen LogP contribution in [0.3, 0.4) is 0 Å². The van der Waals surface area contributed by atoms with E-state index in [9.17, 15) is 5.11 Å². The van der Waals surface area contributed by atoms with E-state index >= 15 is 0 Å². The summed E-state index contributed by atoms with van der Waals surface area (Å²) in [5.41, 5.74) is 2.61. The Balaban J connectivity index is 1.94. The zero-order valence-electron chi connectivity index (χ0n) is 12.0. The van der Waals surface area contributed by atoms with Crippen molar-refractivity contribution in [2.45, 2.75) is 63.9 Å². The molecule has 0 fully saturated rings. The molecule has 1 aromatic carbocycles. The lowest BCUT2D eigenvalue weighted by Gasteiger charge is -2.21. The van der Waals surface area contributed by atoms with Crippen LogP contribution in [0.2, 0.25) is 0 Å². The molecule has 2 unspecified atom stereocenters. The van der Waals surface area contributed by atoms with Gasteiger partial charge in [-0.05, 0) is 49.2 Å². The van der Waals surface area contributed by atoms with Crippen molar-refractivity contribution in [3.8, 4) is 0 Å². The van der Waals surface area contributed by atoms with Gasteiger partial charge in [0.2, 0.25) is 0 Å². The third kappa shape index (κ3) is 4.50. The molecular formula is C18H26O. The highest BCUT2D eigenvalue weighted by Crippen LogP contribution is 2.27. The quantitative estimate of drug-likeness (QED) is 0.767. The molecule has 1 heteroatoms. The number of hydrogen-bond acceptors (Lipinski definition) is 1. The predicted octanol–water partition coefficient (Wildman–Crippen LogP) is 4.82. The molecule has 2 rings (SSSR count). The summed E-state index contributed by atoms with van der Waals surface area (Å²) in [7, 11) is 0. The highest BCUT2D eigenvalue weighted by Gasteiger charge is 2.16. The molecule has 0 heterocycles. The zero-order valence-corrected chi connectivity index (χ0v) is 12.0. The third-order valence-electron chi connectivity index (χ3n) is 4.20. The molecule has 1 aromatic rings. The van der Waals surface area contributed by atoms with E-state index in [-0.39, 0.29) is 6.10 Å². The fourth-order valence-electron chi connectivity index (χ4n) is 2.92. The van der Waals surface area contributed by atoms with E-state index in [0.29, 0.717) is 5.92 Å². The Hall–Kier alpha value is -1.08.